The van der Waals surface area contributed by atoms with E-state index < -0.39 is 16.1 Å². The van der Waals surface area contributed by atoms with Crippen LogP contribution in [-0.4, -0.2) is 63.7 Å². The minimum atomic E-state index is -3.61. The van der Waals surface area contributed by atoms with Gasteiger partial charge in [0.25, 0.3) is 0 Å². The van der Waals surface area contributed by atoms with Gasteiger partial charge in [-0.15, -0.1) is 0 Å². The number of nitrogens with one attached hydrogen (secondary N) is 1. The topological polar surface area (TPSA) is 105 Å². The highest BCUT2D eigenvalue weighted by Gasteiger charge is 2.29. The third-order valence-electron chi connectivity index (χ3n) is 6.34. The summed E-state index contributed by atoms with van der Waals surface area (Å²) in [6.07, 6.45) is 2.80. The molecule has 0 aliphatic carbocycles. The number of aryl methyl sites for hydroxylation is 1. The molecule has 3 rings (SSSR count). The molecule has 10 heteroatoms. The van der Waals surface area contributed by atoms with Crippen molar-refractivity contribution in [1.29, 1.82) is 0 Å². The van der Waals surface area contributed by atoms with Crippen LogP contribution in [0.1, 0.15) is 50.7 Å². The molecule has 0 fully saturated rings. The van der Waals surface area contributed by atoms with Gasteiger partial charge in [0.1, 0.15) is 19.3 Å². The summed E-state index contributed by atoms with van der Waals surface area (Å²) < 4.78 is 37.7. The second-order valence-electron chi connectivity index (χ2n) is 9.49. The first-order valence-electron chi connectivity index (χ1n) is 13.1. The van der Waals surface area contributed by atoms with Gasteiger partial charge in [0.2, 0.25) is 21.8 Å². The van der Waals surface area contributed by atoms with Crippen LogP contribution in [0.15, 0.2) is 42.5 Å². The third-order valence-corrected chi connectivity index (χ3v) is 7.53. The van der Waals surface area contributed by atoms with Gasteiger partial charge in [-0.3, -0.25) is 13.9 Å². The van der Waals surface area contributed by atoms with Crippen LogP contribution in [0, 0.1) is 6.92 Å². The Morgan fingerprint density at radius 3 is 2.45 bits per heavy atom. The summed E-state index contributed by atoms with van der Waals surface area (Å²) in [5.74, 6) is 0.694. The first kappa shape index (κ1) is 29.3. The highest BCUT2D eigenvalue weighted by molar-refractivity contribution is 7.92. The number of carbonyl (C=O) groups is 2. The smallest absolute Gasteiger partial charge is 0.242 e. The Kier molecular flexibility index (Phi) is 10.4. The van der Waals surface area contributed by atoms with E-state index >= 15 is 0 Å². The van der Waals surface area contributed by atoms with Crippen LogP contribution in [0.3, 0.4) is 0 Å². The molecule has 0 saturated heterocycles. The maximum Gasteiger partial charge on any atom is 0.242 e. The van der Waals surface area contributed by atoms with Crippen LogP contribution in [0.2, 0.25) is 0 Å². The number of anilines is 1. The number of amides is 2. The zero-order valence-electron chi connectivity index (χ0n) is 22.7. The van der Waals surface area contributed by atoms with Crippen LogP contribution in [-0.2, 0) is 26.2 Å². The van der Waals surface area contributed by atoms with Crippen LogP contribution >= 0.6 is 0 Å². The SMILES string of the molecule is CCCNC(=O)C(CC)N(Cc1cccc(C)c1)C(=O)CCCN(c1ccc2c(c1)OCCO2)S(C)(=O)=O. The minimum absolute atomic E-state index is 0.0972. The van der Waals surface area contributed by atoms with Crippen molar-refractivity contribution >= 4 is 27.5 Å². The van der Waals surface area contributed by atoms with E-state index in [-0.39, 0.29) is 31.2 Å². The molecule has 0 spiro atoms. The van der Waals surface area contributed by atoms with Gasteiger partial charge < -0.3 is 19.7 Å². The number of ether oxygens (including phenoxy) is 2. The van der Waals surface area contributed by atoms with Crippen molar-refractivity contribution in [2.45, 2.75) is 59.0 Å². The first-order chi connectivity index (χ1) is 18.1. The number of nitrogens with zero attached hydrogens (tertiary/aromatic N) is 2. The van der Waals surface area contributed by atoms with Crippen molar-refractivity contribution in [2.24, 2.45) is 0 Å². The van der Waals surface area contributed by atoms with E-state index in [1.54, 1.807) is 23.1 Å². The Morgan fingerprint density at radius 1 is 1.05 bits per heavy atom. The zero-order valence-corrected chi connectivity index (χ0v) is 23.6. The van der Waals surface area contributed by atoms with Gasteiger partial charge in [-0.2, -0.15) is 0 Å². The quantitative estimate of drug-likeness (QED) is 0.412. The molecule has 1 aliphatic rings. The standard InChI is InChI=1S/C28H39N3O6S/c1-5-14-29-28(33)24(6-2)30(20-22-10-7-9-21(3)18-22)27(32)11-8-15-31(38(4,34)35)23-12-13-25-26(19-23)37-17-16-36-25/h7,9-10,12-13,18-19,24H,5-6,8,11,14-17,20H2,1-4H3,(H,29,33). The molecule has 1 atom stereocenters. The summed E-state index contributed by atoms with van der Waals surface area (Å²) >= 11 is 0. The predicted molar refractivity (Wildman–Crippen MR) is 148 cm³/mol. The summed E-state index contributed by atoms with van der Waals surface area (Å²) in [7, 11) is -3.61. The lowest BCUT2D eigenvalue weighted by Gasteiger charge is -2.31. The summed E-state index contributed by atoms with van der Waals surface area (Å²) in [6.45, 7) is 7.65. The van der Waals surface area contributed by atoms with Gasteiger partial charge in [0, 0.05) is 32.1 Å². The van der Waals surface area contributed by atoms with Gasteiger partial charge in [-0.1, -0.05) is 43.7 Å². The number of benzene rings is 2. The van der Waals surface area contributed by atoms with Crippen molar-refractivity contribution in [1.82, 2.24) is 10.2 Å². The predicted octanol–water partition coefficient (Wildman–Crippen LogP) is 3.65. The zero-order chi connectivity index (χ0) is 27.7. The Morgan fingerprint density at radius 2 is 1.79 bits per heavy atom. The lowest BCUT2D eigenvalue weighted by molar-refractivity contribution is -0.141. The Bertz CT molecular complexity index is 1220. The van der Waals surface area contributed by atoms with Crippen molar-refractivity contribution < 1.29 is 27.5 Å². The molecule has 0 radical (unpaired) electrons. The van der Waals surface area contributed by atoms with Crippen molar-refractivity contribution in [2.75, 3.05) is 36.9 Å². The van der Waals surface area contributed by atoms with Gasteiger partial charge in [0.15, 0.2) is 11.5 Å². The molecule has 0 bridgehead atoms. The van der Waals surface area contributed by atoms with Crippen LogP contribution in [0.5, 0.6) is 11.5 Å². The summed E-state index contributed by atoms with van der Waals surface area (Å²) in [5, 5.41) is 2.91. The van der Waals surface area contributed by atoms with Gasteiger partial charge in [-0.05, 0) is 43.9 Å². The van der Waals surface area contributed by atoms with Crippen LogP contribution in [0.25, 0.3) is 0 Å². The molecule has 1 N–H and O–H groups in total. The van der Waals surface area contributed by atoms with E-state index in [0.29, 0.717) is 49.9 Å². The van der Waals surface area contributed by atoms with Gasteiger partial charge in [-0.25, -0.2) is 8.42 Å². The molecule has 1 aliphatic heterocycles. The maximum atomic E-state index is 13.5. The number of sulfonamides is 1. The van der Waals surface area contributed by atoms with E-state index in [9.17, 15) is 18.0 Å². The number of rotatable bonds is 13. The van der Waals surface area contributed by atoms with E-state index in [0.717, 1.165) is 23.8 Å². The maximum absolute atomic E-state index is 13.5. The normalized spacial score (nSPS) is 13.5. The van der Waals surface area contributed by atoms with Gasteiger partial charge in [0.05, 0.1) is 11.9 Å². The fourth-order valence-corrected chi connectivity index (χ4v) is 5.44. The Balaban J connectivity index is 1.76. The average molecular weight is 546 g/mol. The van der Waals surface area contributed by atoms with E-state index in [2.05, 4.69) is 5.32 Å². The largest absolute Gasteiger partial charge is 0.486 e. The van der Waals surface area contributed by atoms with E-state index in [1.807, 2.05) is 45.0 Å². The second-order valence-corrected chi connectivity index (χ2v) is 11.4. The van der Waals surface area contributed by atoms with Crippen LogP contribution in [0.4, 0.5) is 5.69 Å². The van der Waals surface area contributed by atoms with E-state index in [4.69, 9.17) is 9.47 Å². The summed E-state index contributed by atoms with van der Waals surface area (Å²) in [4.78, 5) is 28.1. The first-order valence-corrected chi connectivity index (χ1v) is 15.0. The number of hydrogen-bond donors (Lipinski definition) is 1. The Hall–Kier alpha value is -3.27. The highest BCUT2D eigenvalue weighted by atomic mass is 32.2. The lowest BCUT2D eigenvalue weighted by Crippen LogP contribution is -2.49. The van der Waals surface area contributed by atoms with Crippen LogP contribution < -0.4 is 19.1 Å². The molecule has 9 nitrogen and oxygen atoms in total. The molecular formula is C28H39N3O6S. The fourth-order valence-electron chi connectivity index (χ4n) is 4.48. The molecule has 2 amide bonds. The summed E-state index contributed by atoms with van der Waals surface area (Å²) in [6, 6.07) is 12.3. The average Bonchev–Trinajstić information content (AvgIpc) is 2.88. The number of fused-ring (bicyclic) bond motifs is 1. The number of hydrogen-bond acceptors (Lipinski definition) is 6. The summed E-state index contributed by atoms with van der Waals surface area (Å²) in [5.41, 5.74) is 2.46. The fraction of sp³-hybridized carbons (Fsp3) is 0.500. The molecule has 1 heterocycles. The molecule has 1 unspecified atom stereocenters. The van der Waals surface area contributed by atoms with Crippen molar-refractivity contribution in [3.8, 4) is 11.5 Å². The molecule has 38 heavy (non-hydrogen) atoms. The number of carbonyl (C=O) groups excluding carboxylic acids is 2. The monoisotopic (exact) mass is 545 g/mol. The van der Waals surface area contributed by atoms with Crippen molar-refractivity contribution in [3.63, 3.8) is 0 Å². The molecule has 2 aromatic carbocycles. The molecule has 0 saturated carbocycles. The minimum Gasteiger partial charge on any atom is -0.486 e. The second kappa shape index (κ2) is 13.5. The van der Waals surface area contributed by atoms with E-state index in [1.165, 1.54) is 4.31 Å². The van der Waals surface area contributed by atoms with Gasteiger partial charge >= 0.3 is 0 Å². The lowest BCUT2D eigenvalue weighted by atomic mass is 10.1. The van der Waals surface area contributed by atoms with Crippen molar-refractivity contribution in [3.05, 3.63) is 53.6 Å². The highest BCUT2D eigenvalue weighted by Crippen LogP contribution is 2.34. The molecule has 208 valence electrons. The third kappa shape index (κ3) is 7.86. The molecular weight excluding hydrogens is 506 g/mol. The molecule has 2 aromatic rings. The molecule has 0 aromatic heterocycles. The Labute approximate surface area is 226 Å².